The number of rotatable bonds is 3. The van der Waals surface area contributed by atoms with E-state index in [1.54, 1.807) is 11.8 Å². The number of carbonyl (C=O) groups excluding carboxylic acids is 1. The first-order valence-electron chi connectivity index (χ1n) is 4.55. The lowest BCUT2D eigenvalue weighted by atomic mass is 10.1. The number of nitrogens with two attached hydrogens (primary N) is 1. The van der Waals surface area contributed by atoms with Crippen molar-refractivity contribution in [3.8, 4) is 0 Å². The van der Waals surface area contributed by atoms with Gasteiger partial charge >= 0.3 is 0 Å². The van der Waals surface area contributed by atoms with Crippen molar-refractivity contribution in [2.75, 3.05) is 19.6 Å². The molecule has 0 aliphatic carbocycles. The van der Waals surface area contributed by atoms with E-state index in [4.69, 9.17) is 5.84 Å². The molecule has 4 nitrogen and oxygen atoms in total. The van der Waals surface area contributed by atoms with Gasteiger partial charge < -0.3 is 0 Å². The molecule has 0 aromatic heterocycles. The van der Waals surface area contributed by atoms with E-state index in [1.807, 2.05) is 5.43 Å². The molecule has 1 amide bonds. The van der Waals surface area contributed by atoms with Crippen LogP contribution in [0.25, 0.3) is 0 Å². The van der Waals surface area contributed by atoms with Crippen LogP contribution >= 0.6 is 0 Å². The summed E-state index contributed by atoms with van der Waals surface area (Å²) in [4.78, 5) is 12.6. The highest BCUT2D eigenvalue weighted by molar-refractivity contribution is 5.77. The maximum atomic E-state index is 12.8. The molecule has 0 saturated carbocycles. The molecule has 1 fully saturated rings. The third-order valence-electron chi connectivity index (χ3n) is 2.37. The molecule has 1 rings (SSSR count). The lowest BCUT2D eigenvalue weighted by Gasteiger charge is -2.19. The summed E-state index contributed by atoms with van der Waals surface area (Å²) in [6, 6.07) is 0. The van der Waals surface area contributed by atoms with E-state index in [0.717, 1.165) is 0 Å². The second-order valence-electron chi connectivity index (χ2n) is 3.75. The van der Waals surface area contributed by atoms with Gasteiger partial charge in [-0.25, -0.2) is 14.6 Å². The Balaban J connectivity index is 2.36. The summed E-state index contributed by atoms with van der Waals surface area (Å²) < 4.78 is 25.5. The molecule has 0 bridgehead atoms. The first-order valence-corrected chi connectivity index (χ1v) is 4.55. The second kappa shape index (κ2) is 4.18. The molecule has 14 heavy (non-hydrogen) atoms. The summed E-state index contributed by atoms with van der Waals surface area (Å²) in [5, 5.41) is 0. The zero-order chi connectivity index (χ0) is 10.8. The molecule has 0 aromatic rings. The first-order chi connectivity index (χ1) is 6.44. The van der Waals surface area contributed by atoms with Crippen LogP contribution in [-0.4, -0.2) is 36.4 Å². The lowest BCUT2D eigenvalue weighted by molar-refractivity contribution is -0.125. The molecule has 0 aromatic carbocycles. The van der Waals surface area contributed by atoms with Gasteiger partial charge in [-0.05, 0) is 0 Å². The van der Waals surface area contributed by atoms with E-state index in [0.29, 0.717) is 13.1 Å². The van der Waals surface area contributed by atoms with Gasteiger partial charge in [-0.3, -0.25) is 15.1 Å². The van der Waals surface area contributed by atoms with E-state index in [9.17, 15) is 13.6 Å². The van der Waals surface area contributed by atoms with Crippen molar-refractivity contribution in [3.63, 3.8) is 0 Å². The molecule has 1 heterocycles. The fourth-order valence-corrected chi connectivity index (χ4v) is 1.58. The average Bonchev–Trinajstić information content (AvgIpc) is 2.44. The maximum absolute atomic E-state index is 12.8. The molecular weight excluding hydrogens is 192 g/mol. The fraction of sp³-hybridized carbons (Fsp3) is 0.875. The summed E-state index contributed by atoms with van der Waals surface area (Å²) in [6.07, 6.45) is -0.121. The fourth-order valence-electron chi connectivity index (χ4n) is 1.58. The minimum Gasteiger partial charge on any atom is -0.296 e. The zero-order valence-electron chi connectivity index (χ0n) is 8.09. The molecule has 82 valence electrons. The molecule has 0 spiro atoms. The molecule has 1 aliphatic rings. The zero-order valence-corrected chi connectivity index (χ0v) is 8.09. The summed E-state index contributed by atoms with van der Waals surface area (Å²) in [5.74, 6) is 1.66. The quantitative estimate of drug-likeness (QED) is 0.387. The minimum absolute atomic E-state index is 0.121. The van der Waals surface area contributed by atoms with Gasteiger partial charge in [0, 0.05) is 25.4 Å². The van der Waals surface area contributed by atoms with Crippen LogP contribution in [-0.2, 0) is 4.79 Å². The van der Waals surface area contributed by atoms with Crippen LogP contribution in [0.15, 0.2) is 0 Å². The number of hydrogen-bond donors (Lipinski definition) is 2. The van der Waals surface area contributed by atoms with Gasteiger partial charge in [0.25, 0.3) is 5.92 Å². The average molecular weight is 207 g/mol. The van der Waals surface area contributed by atoms with Crippen molar-refractivity contribution in [2.24, 2.45) is 11.8 Å². The van der Waals surface area contributed by atoms with Crippen LogP contribution < -0.4 is 11.3 Å². The van der Waals surface area contributed by atoms with Gasteiger partial charge in [0.05, 0.1) is 6.54 Å². The van der Waals surface area contributed by atoms with Crippen LogP contribution in [0, 0.1) is 5.92 Å². The Kier molecular flexibility index (Phi) is 3.38. The molecule has 6 heteroatoms. The SMILES string of the molecule is CC(CN1CCC(F)(F)C1)C(=O)NN. The topological polar surface area (TPSA) is 58.4 Å². The Morgan fingerprint density at radius 3 is 2.79 bits per heavy atom. The third kappa shape index (κ3) is 2.88. The van der Waals surface area contributed by atoms with Crippen molar-refractivity contribution in [3.05, 3.63) is 0 Å². The number of carbonyl (C=O) groups is 1. The predicted molar refractivity (Wildman–Crippen MR) is 47.5 cm³/mol. The van der Waals surface area contributed by atoms with Gasteiger partial charge in [0.1, 0.15) is 0 Å². The predicted octanol–water partition coefficient (Wildman–Crippen LogP) is -0.0466. The van der Waals surface area contributed by atoms with Crippen molar-refractivity contribution < 1.29 is 13.6 Å². The van der Waals surface area contributed by atoms with Gasteiger partial charge in [0.2, 0.25) is 5.91 Å². The number of hydrogen-bond acceptors (Lipinski definition) is 3. The largest absolute Gasteiger partial charge is 0.296 e. The highest BCUT2D eigenvalue weighted by Gasteiger charge is 2.38. The van der Waals surface area contributed by atoms with Crippen LogP contribution in [0.2, 0.25) is 0 Å². The molecule has 1 saturated heterocycles. The second-order valence-corrected chi connectivity index (χ2v) is 3.75. The summed E-state index contributed by atoms with van der Waals surface area (Å²) in [7, 11) is 0. The van der Waals surface area contributed by atoms with Crippen molar-refractivity contribution in [1.82, 2.24) is 10.3 Å². The van der Waals surface area contributed by atoms with Gasteiger partial charge in [-0.2, -0.15) is 0 Å². The smallest absolute Gasteiger partial charge is 0.261 e. The molecule has 0 radical (unpaired) electrons. The van der Waals surface area contributed by atoms with Crippen LogP contribution in [0.1, 0.15) is 13.3 Å². The normalized spacial score (nSPS) is 23.4. The number of likely N-dealkylation sites (tertiary alicyclic amines) is 1. The Morgan fingerprint density at radius 1 is 1.71 bits per heavy atom. The van der Waals surface area contributed by atoms with E-state index in [-0.39, 0.29) is 24.8 Å². The van der Waals surface area contributed by atoms with Crippen LogP contribution in [0.5, 0.6) is 0 Å². The Labute approximate surface area is 81.4 Å². The highest BCUT2D eigenvalue weighted by atomic mass is 19.3. The van der Waals surface area contributed by atoms with E-state index < -0.39 is 5.92 Å². The van der Waals surface area contributed by atoms with Gasteiger partial charge in [-0.1, -0.05) is 6.92 Å². The molecule has 1 aliphatic heterocycles. The third-order valence-corrected chi connectivity index (χ3v) is 2.37. The van der Waals surface area contributed by atoms with E-state index >= 15 is 0 Å². The van der Waals surface area contributed by atoms with E-state index in [1.165, 1.54) is 0 Å². The van der Waals surface area contributed by atoms with Crippen LogP contribution in [0.4, 0.5) is 8.78 Å². The number of amides is 1. The van der Waals surface area contributed by atoms with Crippen LogP contribution in [0.3, 0.4) is 0 Å². The molecule has 1 atom stereocenters. The number of hydrazine groups is 1. The van der Waals surface area contributed by atoms with Gasteiger partial charge in [0.15, 0.2) is 0 Å². The maximum Gasteiger partial charge on any atom is 0.261 e. The minimum atomic E-state index is -2.60. The molecular formula is C8H15F2N3O. The standard InChI is InChI=1S/C8H15F2N3O/c1-6(7(14)12-11)4-13-3-2-8(9,10)5-13/h6H,2-5,11H2,1H3,(H,12,14). The highest BCUT2D eigenvalue weighted by Crippen LogP contribution is 2.27. The monoisotopic (exact) mass is 207 g/mol. The lowest BCUT2D eigenvalue weighted by Crippen LogP contribution is -2.40. The van der Waals surface area contributed by atoms with Gasteiger partial charge in [-0.15, -0.1) is 0 Å². The number of alkyl halides is 2. The number of nitrogens with zero attached hydrogens (tertiary/aromatic N) is 1. The summed E-state index contributed by atoms with van der Waals surface area (Å²) >= 11 is 0. The van der Waals surface area contributed by atoms with Crippen molar-refractivity contribution in [1.29, 1.82) is 0 Å². The number of nitrogens with one attached hydrogen (secondary N) is 1. The summed E-state index contributed by atoms with van der Waals surface area (Å²) in [6.45, 7) is 2.08. The van der Waals surface area contributed by atoms with E-state index in [2.05, 4.69) is 0 Å². The molecule has 3 N–H and O–H groups in total. The first kappa shape index (κ1) is 11.3. The Morgan fingerprint density at radius 2 is 2.36 bits per heavy atom. The Hall–Kier alpha value is -0.750. The van der Waals surface area contributed by atoms with Crippen molar-refractivity contribution >= 4 is 5.91 Å². The van der Waals surface area contributed by atoms with Crippen molar-refractivity contribution in [2.45, 2.75) is 19.3 Å². The summed E-state index contributed by atoms with van der Waals surface area (Å²) in [5.41, 5.74) is 2.01. The number of halogens is 2. The Bertz CT molecular complexity index is 223. The molecule has 1 unspecified atom stereocenters.